The van der Waals surface area contributed by atoms with Gasteiger partial charge in [-0.1, -0.05) is 20.8 Å². The number of nitrogens with zero attached hydrogens (tertiary/aromatic N) is 2. The van der Waals surface area contributed by atoms with Crippen molar-refractivity contribution >= 4 is 20.4 Å². The third-order valence-corrected chi connectivity index (χ3v) is 10.2. The predicted octanol–water partition coefficient (Wildman–Crippen LogP) is 4.21. The molecule has 0 bridgehead atoms. The van der Waals surface area contributed by atoms with Gasteiger partial charge in [-0.15, -0.1) is 0 Å². The lowest BCUT2D eigenvalue weighted by molar-refractivity contribution is 0.0834. The van der Waals surface area contributed by atoms with E-state index in [9.17, 15) is 4.79 Å². The van der Waals surface area contributed by atoms with E-state index in [1.54, 1.807) is 0 Å². The summed E-state index contributed by atoms with van der Waals surface area (Å²) >= 11 is 0. The van der Waals surface area contributed by atoms with Crippen molar-refractivity contribution < 1.29 is 14.0 Å². The Morgan fingerprint density at radius 1 is 1.35 bits per heavy atom. The van der Waals surface area contributed by atoms with Crippen molar-refractivity contribution in [2.75, 3.05) is 31.3 Å². The molecule has 6 heteroatoms. The number of aldehydes is 1. The van der Waals surface area contributed by atoms with E-state index >= 15 is 0 Å². The van der Waals surface area contributed by atoms with Crippen molar-refractivity contribution in [1.29, 1.82) is 0 Å². The average Bonchev–Trinajstić information content (AvgIpc) is 2.59. The van der Waals surface area contributed by atoms with Gasteiger partial charge in [0.2, 0.25) is 0 Å². The monoisotopic (exact) mass is 378 g/mol. The minimum absolute atomic E-state index is 0.187. The molecule has 0 aliphatic carbocycles. The Balaban J connectivity index is 2.18. The SMILES string of the molecule is Cc1cnc(N(CCO[Si](C)(C)C(C)(C)C)C2CCOCC2)c(C=O)c1. The molecule has 1 saturated heterocycles. The van der Waals surface area contributed by atoms with Crippen molar-refractivity contribution in [1.82, 2.24) is 4.98 Å². The first-order valence-corrected chi connectivity index (χ1v) is 12.5. The molecule has 1 fully saturated rings. The smallest absolute Gasteiger partial charge is 0.192 e. The highest BCUT2D eigenvalue weighted by molar-refractivity contribution is 6.74. The first-order chi connectivity index (χ1) is 12.2. The Morgan fingerprint density at radius 3 is 2.58 bits per heavy atom. The maximum absolute atomic E-state index is 11.6. The van der Waals surface area contributed by atoms with Crippen LogP contribution < -0.4 is 4.90 Å². The number of anilines is 1. The van der Waals surface area contributed by atoms with Crippen LogP contribution in [0.4, 0.5) is 5.82 Å². The molecule has 1 aromatic heterocycles. The summed E-state index contributed by atoms with van der Waals surface area (Å²) in [6.07, 6.45) is 4.65. The number of ether oxygens (including phenoxy) is 1. The van der Waals surface area contributed by atoms with E-state index in [1.807, 2.05) is 19.2 Å². The van der Waals surface area contributed by atoms with Crippen molar-refractivity contribution in [3.63, 3.8) is 0 Å². The molecule has 0 N–H and O–H groups in total. The Morgan fingerprint density at radius 2 is 2.00 bits per heavy atom. The van der Waals surface area contributed by atoms with Gasteiger partial charge in [0.15, 0.2) is 14.6 Å². The highest BCUT2D eigenvalue weighted by Crippen LogP contribution is 2.36. The van der Waals surface area contributed by atoms with Crippen LogP contribution in [-0.4, -0.2) is 52.0 Å². The minimum Gasteiger partial charge on any atom is -0.415 e. The van der Waals surface area contributed by atoms with Gasteiger partial charge in [-0.3, -0.25) is 4.79 Å². The second-order valence-corrected chi connectivity index (χ2v) is 13.5. The van der Waals surface area contributed by atoms with E-state index < -0.39 is 8.32 Å². The molecule has 1 aromatic rings. The third kappa shape index (κ3) is 5.15. The Labute approximate surface area is 159 Å². The zero-order valence-electron chi connectivity index (χ0n) is 17.2. The van der Waals surface area contributed by atoms with E-state index in [-0.39, 0.29) is 5.04 Å². The van der Waals surface area contributed by atoms with Crippen LogP contribution in [0.2, 0.25) is 18.1 Å². The summed E-state index contributed by atoms with van der Waals surface area (Å²) in [7, 11) is -1.79. The molecular formula is C20H34N2O3Si. The molecule has 5 nitrogen and oxygen atoms in total. The summed E-state index contributed by atoms with van der Waals surface area (Å²) in [6.45, 7) is 16.2. The minimum atomic E-state index is -1.79. The van der Waals surface area contributed by atoms with Gasteiger partial charge >= 0.3 is 0 Å². The van der Waals surface area contributed by atoms with Crippen LogP contribution in [0, 0.1) is 6.92 Å². The molecule has 2 heterocycles. The van der Waals surface area contributed by atoms with Gasteiger partial charge in [-0.25, -0.2) is 4.98 Å². The second-order valence-electron chi connectivity index (χ2n) is 8.69. The summed E-state index contributed by atoms with van der Waals surface area (Å²) in [5.74, 6) is 0.774. The third-order valence-electron chi connectivity index (χ3n) is 5.66. The van der Waals surface area contributed by atoms with Gasteiger partial charge in [0.05, 0.1) is 12.2 Å². The first kappa shape index (κ1) is 21.1. The predicted molar refractivity (Wildman–Crippen MR) is 109 cm³/mol. The lowest BCUT2D eigenvalue weighted by Crippen LogP contribution is -2.46. The standard InChI is InChI=1S/C20H34N2O3Si/c1-16-13-17(15-23)19(21-14-16)22(18-7-10-24-11-8-18)9-12-25-26(5,6)20(2,3)4/h13-15,18H,7-12H2,1-6H3. The highest BCUT2D eigenvalue weighted by Gasteiger charge is 2.37. The molecule has 0 atom stereocenters. The van der Waals surface area contributed by atoms with Crippen molar-refractivity contribution in [2.45, 2.75) is 64.7 Å². The number of hydrogen-bond acceptors (Lipinski definition) is 5. The quantitative estimate of drug-likeness (QED) is 0.525. The topological polar surface area (TPSA) is 51.7 Å². The van der Waals surface area contributed by atoms with E-state index in [0.717, 1.165) is 50.3 Å². The van der Waals surface area contributed by atoms with Crippen molar-refractivity contribution in [3.05, 3.63) is 23.4 Å². The Kier molecular flexibility index (Phi) is 6.99. The van der Waals surface area contributed by atoms with Gasteiger partial charge in [-0.05, 0) is 49.5 Å². The summed E-state index contributed by atoms with van der Waals surface area (Å²) in [6, 6.07) is 2.25. The number of aryl methyl sites for hydroxylation is 1. The molecule has 0 unspecified atom stereocenters. The van der Waals surface area contributed by atoms with Gasteiger partial charge in [0.25, 0.3) is 0 Å². The molecule has 0 aromatic carbocycles. The molecule has 1 aliphatic heterocycles. The molecule has 0 amide bonds. The summed E-state index contributed by atoms with van der Waals surface area (Å²) in [4.78, 5) is 18.5. The van der Waals surface area contributed by atoms with Crippen LogP contribution in [0.15, 0.2) is 12.3 Å². The molecular weight excluding hydrogens is 344 g/mol. The molecule has 2 rings (SSSR count). The molecule has 0 spiro atoms. The zero-order valence-corrected chi connectivity index (χ0v) is 18.2. The number of aromatic nitrogens is 1. The van der Waals surface area contributed by atoms with Crippen molar-refractivity contribution in [3.8, 4) is 0 Å². The highest BCUT2D eigenvalue weighted by atomic mass is 28.4. The van der Waals surface area contributed by atoms with Crippen LogP contribution in [0.1, 0.15) is 49.5 Å². The van der Waals surface area contributed by atoms with Crippen LogP contribution in [0.3, 0.4) is 0 Å². The first-order valence-electron chi connectivity index (χ1n) is 9.56. The fourth-order valence-electron chi connectivity index (χ4n) is 2.99. The Bertz CT molecular complexity index is 608. The summed E-state index contributed by atoms with van der Waals surface area (Å²) < 4.78 is 11.9. The lowest BCUT2D eigenvalue weighted by atomic mass is 10.1. The number of carbonyl (C=O) groups is 1. The summed E-state index contributed by atoms with van der Waals surface area (Å²) in [5, 5.41) is 0.187. The molecule has 0 saturated carbocycles. The molecule has 26 heavy (non-hydrogen) atoms. The average molecular weight is 379 g/mol. The molecule has 0 radical (unpaired) electrons. The largest absolute Gasteiger partial charge is 0.415 e. The normalized spacial score (nSPS) is 16.5. The van der Waals surface area contributed by atoms with Crippen LogP contribution in [0.25, 0.3) is 0 Å². The number of hydrogen-bond donors (Lipinski definition) is 0. The van der Waals surface area contributed by atoms with Gasteiger partial charge in [0, 0.05) is 32.0 Å². The van der Waals surface area contributed by atoms with E-state index in [1.165, 1.54) is 0 Å². The van der Waals surface area contributed by atoms with Crippen LogP contribution in [-0.2, 0) is 9.16 Å². The van der Waals surface area contributed by atoms with E-state index in [0.29, 0.717) is 18.2 Å². The molecule has 146 valence electrons. The van der Waals surface area contributed by atoms with E-state index in [2.05, 4.69) is 43.7 Å². The number of rotatable bonds is 7. The zero-order chi connectivity index (χ0) is 19.4. The van der Waals surface area contributed by atoms with Crippen LogP contribution >= 0.6 is 0 Å². The van der Waals surface area contributed by atoms with E-state index in [4.69, 9.17) is 9.16 Å². The van der Waals surface area contributed by atoms with Gasteiger partial charge < -0.3 is 14.1 Å². The Hall–Kier alpha value is -1.24. The molecule has 1 aliphatic rings. The second kappa shape index (κ2) is 8.63. The fraction of sp³-hybridized carbons (Fsp3) is 0.700. The summed E-state index contributed by atoms with van der Waals surface area (Å²) in [5.41, 5.74) is 1.66. The van der Waals surface area contributed by atoms with Gasteiger partial charge in [-0.2, -0.15) is 0 Å². The maximum atomic E-state index is 11.6. The van der Waals surface area contributed by atoms with Gasteiger partial charge in [0.1, 0.15) is 5.82 Å². The maximum Gasteiger partial charge on any atom is 0.192 e. The van der Waals surface area contributed by atoms with Crippen LogP contribution in [0.5, 0.6) is 0 Å². The number of carbonyl (C=O) groups excluding carboxylic acids is 1. The van der Waals surface area contributed by atoms with Crippen molar-refractivity contribution in [2.24, 2.45) is 0 Å². The number of pyridine rings is 1. The lowest BCUT2D eigenvalue weighted by Gasteiger charge is -2.39. The fourth-order valence-corrected chi connectivity index (χ4v) is 4.02.